The van der Waals surface area contributed by atoms with E-state index in [1.807, 2.05) is 11.6 Å². The summed E-state index contributed by atoms with van der Waals surface area (Å²) >= 11 is 1.68. The van der Waals surface area contributed by atoms with Crippen molar-refractivity contribution in [2.75, 3.05) is 0 Å². The monoisotopic (exact) mass is 284 g/mol. The Morgan fingerprint density at radius 3 is 2.70 bits per heavy atom. The molecule has 0 aliphatic rings. The molecule has 3 rings (SSSR count). The van der Waals surface area contributed by atoms with Crippen LogP contribution in [0.2, 0.25) is 0 Å². The van der Waals surface area contributed by atoms with E-state index in [1.54, 1.807) is 11.8 Å². The van der Waals surface area contributed by atoms with E-state index < -0.39 is 0 Å². The van der Waals surface area contributed by atoms with Gasteiger partial charge in [0, 0.05) is 12.8 Å². The Hall–Kier alpha value is -1.85. The van der Waals surface area contributed by atoms with E-state index in [1.165, 1.54) is 16.3 Å². The molecule has 0 unspecified atom stereocenters. The van der Waals surface area contributed by atoms with Crippen LogP contribution in [0.4, 0.5) is 0 Å². The number of hydrogen-bond acceptors (Lipinski definition) is 4. The number of nitrogens with zero attached hydrogens (tertiary/aromatic N) is 3. The number of thioether (sulfide) groups is 1. The molecular weight excluding hydrogens is 268 g/mol. The second-order valence-electron chi connectivity index (χ2n) is 4.59. The third kappa shape index (κ3) is 2.42. The van der Waals surface area contributed by atoms with Gasteiger partial charge in [0.25, 0.3) is 0 Å². The maximum atomic E-state index is 5.61. The van der Waals surface area contributed by atoms with Crippen LogP contribution in [0.3, 0.4) is 0 Å². The maximum Gasteiger partial charge on any atom is 0.191 e. The molecule has 0 atom stereocenters. The standard InChI is InChI=1S/C15H16N4S/c1-19-14(9-16)17-18-15(19)20-10-12-7-4-6-11-5-2-3-8-13(11)12/h2-8H,9-10,16H2,1H3. The van der Waals surface area contributed by atoms with Gasteiger partial charge in [-0.15, -0.1) is 10.2 Å². The number of rotatable bonds is 4. The van der Waals surface area contributed by atoms with Crippen LogP contribution in [-0.4, -0.2) is 14.8 Å². The Morgan fingerprint density at radius 1 is 1.10 bits per heavy atom. The highest BCUT2D eigenvalue weighted by Gasteiger charge is 2.08. The van der Waals surface area contributed by atoms with Gasteiger partial charge >= 0.3 is 0 Å². The predicted molar refractivity (Wildman–Crippen MR) is 82.4 cm³/mol. The van der Waals surface area contributed by atoms with Crippen molar-refractivity contribution in [3.8, 4) is 0 Å². The normalized spacial score (nSPS) is 11.1. The second-order valence-corrected chi connectivity index (χ2v) is 5.53. The van der Waals surface area contributed by atoms with Gasteiger partial charge in [-0.3, -0.25) is 0 Å². The quantitative estimate of drug-likeness (QED) is 0.748. The number of nitrogens with two attached hydrogens (primary N) is 1. The molecule has 1 aromatic heterocycles. The van der Waals surface area contributed by atoms with Gasteiger partial charge in [-0.1, -0.05) is 54.2 Å². The van der Waals surface area contributed by atoms with Crippen molar-refractivity contribution in [2.45, 2.75) is 17.5 Å². The summed E-state index contributed by atoms with van der Waals surface area (Å²) < 4.78 is 1.95. The molecule has 0 amide bonds. The van der Waals surface area contributed by atoms with Gasteiger partial charge in [0.1, 0.15) is 5.82 Å². The summed E-state index contributed by atoms with van der Waals surface area (Å²) in [6.07, 6.45) is 0. The number of fused-ring (bicyclic) bond motifs is 1. The van der Waals surface area contributed by atoms with E-state index in [9.17, 15) is 0 Å². The smallest absolute Gasteiger partial charge is 0.191 e. The molecule has 0 spiro atoms. The van der Waals surface area contributed by atoms with Crippen molar-refractivity contribution in [2.24, 2.45) is 12.8 Å². The fourth-order valence-corrected chi connectivity index (χ4v) is 3.14. The molecule has 3 aromatic rings. The van der Waals surface area contributed by atoms with Gasteiger partial charge in [-0.2, -0.15) is 0 Å². The largest absolute Gasteiger partial charge is 0.324 e. The molecule has 2 aromatic carbocycles. The third-order valence-corrected chi connectivity index (χ3v) is 4.41. The Balaban J connectivity index is 1.85. The highest BCUT2D eigenvalue weighted by molar-refractivity contribution is 7.98. The van der Waals surface area contributed by atoms with Gasteiger partial charge in [0.05, 0.1) is 6.54 Å². The lowest BCUT2D eigenvalue weighted by Gasteiger charge is -2.06. The van der Waals surface area contributed by atoms with Crippen LogP contribution in [0.1, 0.15) is 11.4 Å². The maximum absolute atomic E-state index is 5.61. The summed E-state index contributed by atoms with van der Waals surface area (Å²) in [5.74, 6) is 1.68. The van der Waals surface area contributed by atoms with Gasteiger partial charge in [-0.25, -0.2) is 0 Å². The molecule has 5 heteroatoms. The first kappa shape index (κ1) is 13.1. The minimum atomic E-state index is 0.415. The van der Waals surface area contributed by atoms with Crippen molar-refractivity contribution in [1.82, 2.24) is 14.8 Å². The lowest BCUT2D eigenvalue weighted by molar-refractivity contribution is 0.734. The lowest BCUT2D eigenvalue weighted by Crippen LogP contribution is -2.05. The van der Waals surface area contributed by atoms with Crippen LogP contribution >= 0.6 is 11.8 Å². The molecule has 20 heavy (non-hydrogen) atoms. The Bertz CT molecular complexity index is 730. The van der Waals surface area contributed by atoms with E-state index in [0.29, 0.717) is 6.54 Å². The molecule has 0 saturated carbocycles. The van der Waals surface area contributed by atoms with E-state index in [4.69, 9.17) is 5.73 Å². The fourth-order valence-electron chi connectivity index (χ4n) is 2.21. The molecule has 0 aliphatic carbocycles. The summed E-state index contributed by atoms with van der Waals surface area (Å²) in [5.41, 5.74) is 6.92. The zero-order chi connectivity index (χ0) is 13.9. The zero-order valence-corrected chi connectivity index (χ0v) is 12.1. The van der Waals surface area contributed by atoms with Gasteiger partial charge in [0.2, 0.25) is 0 Å². The molecule has 0 aliphatic heterocycles. The fraction of sp³-hybridized carbons (Fsp3) is 0.200. The van der Waals surface area contributed by atoms with E-state index in [2.05, 4.69) is 52.7 Å². The van der Waals surface area contributed by atoms with Gasteiger partial charge < -0.3 is 10.3 Å². The average molecular weight is 284 g/mol. The van der Waals surface area contributed by atoms with Crippen molar-refractivity contribution in [1.29, 1.82) is 0 Å². The van der Waals surface area contributed by atoms with E-state index >= 15 is 0 Å². The van der Waals surface area contributed by atoms with Gasteiger partial charge in [-0.05, 0) is 16.3 Å². The van der Waals surface area contributed by atoms with Crippen molar-refractivity contribution < 1.29 is 0 Å². The van der Waals surface area contributed by atoms with E-state index in [0.717, 1.165) is 16.7 Å². The number of aromatic nitrogens is 3. The van der Waals surface area contributed by atoms with Crippen LogP contribution in [0.25, 0.3) is 10.8 Å². The van der Waals surface area contributed by atoms with Crippen LogP contribution in [0.5, 0.6) is 0 Å². The summed E-state index contributed by atoms with van der Waals surface area (Å²) in [4.78, 5) is 0. The topological polar surface area (TPSA) is 56.7 Å². The zero-order valence-electron chi connectivity index (χ0n) is 11.3. The summed E-state index contributed by atoms with van der Waals surface area (Å²) in [7, 11) is 1.95. The minimum Gasteiger partial charge on any atom is -0.324 e. The predicted octanol–water partition coefficient (Wildman–Crippen LogP) is 2.72. The molecule has 102 valence electrons. The Kier molecular flexibility index (Phi) is 3.71. The first-order valence-corrected chi connectivity index (χ1v) is 7.46. The minimum absolute atomic E-state index is 0.415. The van der Waals surface area contributed by atoms with Crippen LogP contribution in [0, 0.1) is 0 Å². The van der Waals surface area contributed by atoms with Crippen molar-refractivity contribution >= 4 is 22.5 Å². The summed E-state index contributed by atoms with van der Waals surface area (Å²) in [6, 6.07) is 14.8. The molecule has 1 heterocycles. The summed E-state index contributed by atoms with van der Waals surface area (Å²) in [6.45, 7) is 0.415. The Labute approximate surface area is 122 Å². The molecule has 4 nitrogen and oxygen atoms in total. The first-order chi connectivity index (χ1) is 9.79. The van der Waals surface area contributed by atoms with Crippen molar-refractivity contribution in [3.63, 3.8) is 0 Å². The second kappa shape index (κ2) is 5.64. The van der Waals surface area contributed by atoms with Crippen LogP contribution in [0.15, 0.2) is 47.6 Å². The molecule has 0 saturated heterocycles. The van der Waals surface area contributed by atoms with E-state index in [-0.39, 0.29) is 0 Å². The van der Waals surface area contributed by atoms with Gasteiger partial charge in [0.15, 0.2) is 5.16 Å². The first-order valence-electron chi connectivity index (χ1n) is 6.47. The molecule has 2 N–H and O–H groups in total. The lowest BCUT2D eigenvalue weighted by atomic mass is 10.1. The Morgan fingerprint density at radius 2 is 1.90 bits per heavy atom. The third-order valence-electron chi connectivity index (χ3n) is 3.34. The molecule has 0 radical (unpaired) electrons. The summed E-state index contributed by atoms with van der Waals surface area (Å²) in [5, 5.41) is 11.7. The number of benzene rings is 2. The SMILES string of the molecule is Cn1c(CN)nnc1SCc1cccc2ccccc12. The highest BCUT2D eigenvalue weighted by atomic mass is 32.2. The average Bonchev–Trinajstić information content (AvgIpc) is 2.85. The van der Waals surface area contributed by atoms with Crippen LogP contribution < -0.4 is 5.73 Å². The molecule has 0 fully saturated rings. The highest BCUT2D eigenvalue weighted by Crippen LogP contribution is 2.26. The number of hydrogen-bond donors (Lipinski definition) is 1. The molecular formula is C15H16N4S. The molecule has 0 bridgehead atoms. The van der Waals surface area contributed by atoms with Crippen LogP contribution in [-0.2, 0) is 19.3 Å². The van der Waals surface area contributed by atoms with Crippen molar-refractivity contribution in [3.05, 3.63) is 53.9 Å².